The molecule has 4 heteroatoms. The van der Waals surface area contributed by atoms with Crippen LogP contribution in [0.5, 0.6) is 0 Å². The maximum Gasteiger partial charge on any atom is 0.235 e. The summed E-state index contributed by atoms with van der Waals surface area (Å²) in [5, 5.41) is 10.3. The first kappa shape index (κ1) is 27.2. The SMILES string of the molecule is c1ccc(-c2ccc3c(c2)c2c4ccccc4ccc2n3-c2nc(-c3cccc4c3oc3cc5ccccc5cc34)c3ccccc3n2)cc1. The van der Waals surface area contributed by atoms with Gasteiger partial charge in [-0.1, -0.05) is 121 Å². The number of benzene rings is 8. The zero-order valence-corrected chi connectivity index (χ0v) is 26.8. The summed E-state index contributed by atoms with van der Waals surface area (Å²) >= 11 is 0. The number of furan rings is 1. The molecule has 0 N–H and O–H groups in total. The van der Waals surface area contributed by atoms with Crippen LogP contribution in [0.15, 0.2) is 168 Å². The van der Waals surface area contributed by atoms with Crippen molar-refractivity contribution in [2.24, 2.45) is 0 Å². The van der Waals surface area contributed by atoms with Crippen LogP contribution in [0, 0.1) is 0 Å². The summed E-state index contributed by atoms with van der Waals surface area (Å²) in [7, 11) is 0. The number of hydrogen-bond acceptors (Lipinski definition) is 3. The van der Waals surface area contributed by atoms with E-state index in [2.05, 4.69) is 162 Å². The van der Waals surface area contributed by atoms with Crippen LogP contribution in [-0.2, 0) is 0 Å². The lowest BCUT2D eigenvalue weighted by Crippen LogP contribution is -2.03. The smallest absolute Gasteiger partial charge is 0.235 e. The van der Waals surface area contributed by atoms with Gasteiger partial charge in [0, 0.05) is 32.5 Å². The molecule has 0 saturated heterocycles. The summed E-state index contributed by atoms with van der Waals surface area (Å²) in [6, 6.07) is 57.8. The third kappa shape index (κ3) is 3.93. The second-order valence-electron chi connectivity index (χ2n) is 13.0. The van der Waals surface area contributed by atoms with Gasteiger partial charge in [0.1, 0.15) is 11.2 Å². The van der Waals surface area contributed by atoms with Gasteiger partial charge in [-0.05, 0) is 75.1 Å². The van der Waals surface area contributed by atoms with Gasteiger partial charge in [-0.3, -0.25) is 4.57 Å². The third-order valence-electron chi connectivity index (χ3n) is 10.2. The molecule has 232 valence electrons. The van der Waals surface area contributed by atoms with E-state index in [1.165, 1.54) is 38.1 Å². The van der Waals surface area contributed by atoms with Gasteiger partial charge < -0.3 is 4.42 Å². The van der Waals surface area contributed by atoms with Gasteiger partial charge in [-0.25, -0.2) is 9.97 Å². The molecule has 0 radical (unpaired) electrons. The minimum Gasteiger partial charge on any atom is -0.455 e. The number of fused-ring (bicyclic) bond motifs is 10. The fraction of sp³-hybridized carbons (Fsp3) is 0. The van der Waals surface area contributed by atoms with Crippen molar-refractivity contribution >= 4 is 76.2 Å². The Morgan fingerprint density at radius 1 is 0.440 bits per heavy atom. The fourth-order valence-electron chi connectivity index (χ4n) is 7.86. The molecule has 0 amide bonds. The molecule has 3 heterocycles. The molecule has 0 aliphatic carbocycles. The van der Waals surface area contributed by atoms with Crippen molar-refractivity contribution in [1.82, 2.24) is 14.5 Å². The topological polar surface area (TPSA) is 43.9 Å². The number of para-hydroxylation sites is 2. The molecule has 0 fully saturated rings. The van der Waals surface area contributed by atoms with Crippen molar-refractivity contribution in [2.75, 3.05) is 0 Å². The Hall–Kier alpha value is -6.78. The van der Waals surface area contributed by atoms with E-state index in [4.69, 9.17) is 14.4 Å². The average molecular weight is 638 g/mol. The van der Waals surface area contributed by atoms with Crippen LogP contribution in [0.25, 0.3) is 105 Å². The molecular weight excluding hydrogens is 611 g/mol. The lowest BCUT2D eigenvalue weighted by atomic mass is 10.0. The lowest BCUT2D eigenvalue weighted by Gasteiger charge is -2.12. The standard InChI is InChI=1S/C46H27N3O/c1-2-11-28(12-3-1)32-22-23-40-38(26-32)43-33-16-7-6-13-29(33)21-24-41(43)49(40)46-47-39-20-9-8-17-35(39)44(48-46)36-19-10-18-34-37-25-30-14-4-5-15-31(30)27-42(37)50-45(34)36/h1-27H. The summed E-state index contributed by atoms with van der Waals surface area (Å²) < 4.78 is 8.93. The number of hydrogen-bond donors (Lipinski definition) is 0. The van der Waals surface area contributed by atoms with E-state index in [0.717, 1.165) is 60.5 Å². The van der Waals surface area contributed by atoms with Gasteiger partial charge in [0.2, 0.25) is 5.95 Å². The average Bonchev–Trinajstić information content (AvgIpc) is 3.72. The van der Waals surface area contributed by atoms with E-state index < -0.39 is 0 Å². The molecule has 11 aromatic rings. The first-order valence-electron chi connectivity index (χ1n) is 16.9. The van der Waals surface area contributed by atoms with E-state index in [-0.39, 0.29) is 0 Å². The zero-order chi connectivity index (χ0) is 32.8. The number of nitrogens with zero attached hydrogens (tertiary/aromatic N) is 3. The molecule has 0 bridgehead atoms. The lowest BCUT2D eigenvalue weighted by molar-refractivity contribution is 0.670. The largest absolute Gasteiger partial charge is 0.455 e. The van der Waals surface area contributed by atoms with Gasteiger partial charge in [0.15, 0.2) is 0 Å². The molecule has 0 saturated carbocycles. The molecule has 0 aliphatic heterocycles. The Balaban J connectivity index is 1.22. The maximum absolute atomic E-state index is 6.70. The van der Waals surface area contributed by atoms with E-state index in [9.17, 15) is 0 Å². The molecule has 0 unspecified atom stereocenters. The highest BCUT2D eigenvalue weighted by Gasteiger charge is 2.21. The fourth-order valence-corrected chi connectivity index (χ4v) is 7.86. The van der Waals surface area contributed by atoms with Crippen molar-refractivity contribution in [3.05, 3.63) is 164 Å². The van der Waals surface area contributed by atoms with Crippen LogP contribution < -0.4 is 0 Å². The summed E-state index contributed by atoms with van der Waals surface area (Å²) in [6.45, 7) is 0. The monoisotopic (exact) mass is 637 g/mol. The third-order valence-corrected chi connectivity index (χ3v) is 10.2. The van der Waals surface area contributed by atoms with Gasteiger partial charge in [0.05, 0.1) is 22.2 Å². The predicted octanol–water partition coefficient (Wildman–Crippen LogP) is 12.3. The molecule has 0 spiro atoms. The van der Waals surface area contributed by atoms with Crippen molar-refractivity contribution < 1.29 is 4.42 Å². The Morgan fingerprint density at radius 2 is 1.16 bits per heavy atom. The van der Waals surface area contributed by atoms with Crippen LogP contribution in [-0.4, -0.2) is 14.5 Å². The molecule has 0 atom stereocenters. The summed E-state index contributed by atoms with van der Waals surface area (Å²) in [5.74, 6) is 0.625. The van der Waals surface area contributed by atoms with E-state index in [0.29, 0.717) is 5.95 Å². The van der Waals surface area contributed by atoms with Crippen molar-refractivity contribution in [1.29, 1.82) is 0 Å². The van der Waals surface area contributed by atoms with Gasteiger partial charge in [-0.15, -0.1) is 0 Å². The molecule has 4 nitrogen and oxygen atoms in total. The van der Waals surface area contributed by atoms with Gasteiger partial charge in [-0.2, -0.15) is 0 Å². The van der Waals surface area contributed by atoms with Crippen LogP contribution >= 0.6 is 0 Å². The highest BCUT2D eigenvalue weighted by atomic mass is 16.3. The normalized spacial score (nSPS) is 12.0. The summed E-state index contributed by atoms with van der Waals surface area (Å²) in [5.41, 5.74) is 8.85. The van der Waals surface area contributed by atoms with Crippen LogP contribution in [0.4, 0.5) is 0 Å². The molecule has 8 aromatic carbocycles. The molecular formula is C46H27N3O. The Kier molecular flexibility index (Phi) is 5.63. The first-order valence-corrected chi connectivity index (χ1v) is 16.9. The molecule has 11 rings (SSSR count). The molecule has 0 aliphatic rings. The molecule has 3 aromatic heterocycles. The van der Waals surface area contributed by atoms with E-state index in [1.807, 2.05) is 6.07 Å². The second-order valence-corrected chi connectivity index (χ2v) is 13.0. The van der Waals surface area contributed by atoms with Crippen LogP contribution in [0.2, 0.25) is 0 Å². The highest BCUT2D eigenvalue weighted by molar-refractivity contribution is 6.22. The van der Waals surface area contributed by atoms with Crippen molar-refractivity contribution in [3.8, 4) is 28.3 Å². The summed E-state index contributed by atoms with van der Waals surface area (Å²) in [4.78, 5) is 10.7. The molecule has 50 heavy (non-hydrogen) atoms. The van der Waals surface area contributed by atoms with Crippen LogP contribution in [0.1, 0.15) is 0 Å². The van der Waals surface area contributed by atoms with E-state index in [1.54, 1.807) is 0 Å². The number of rotatable bonds is 3. The van der Waals surface area contributed by atoms with Crippen molar-refractivity contribution in [3.63, 3.8) is 0 Å². The first-order chi connectivity index (χ1) is 24.8. The quantitative estimate of drug-likeness (QED) is 0.194. The Morgan fingerprint density at radius 3 is 2.04 bits per heavy atom. The van der Waals surface area contributed by atoms with Crippen LogP contribution in [0.3, 0.4) is 0 Å². The predicted molar refractivity (Wildman–Crippen MR) is 207 cm³/mol. The maximum atomic E-state index is 6.70. The van der Waals surface area contributed by atoms with Gasteiger partial charge >= 0.3 is 0 Å². The summed E-state index contributed by atoms with van der Waals surface area (Å²) in [6.07, 6.45) is 0. The Bertz CT molecular complexity index is 3150. The second kappa shape index (κ2) is 10.4. The minimum atomic E-state index is 0.625. The highest BCUT2D eigenvalue weighted by Crippen LogP contribution is 2.41. The zero-order valence-electron chi connectivity index (χ0n) is 26.8. The van der Waals surface area contributed by atoms with Gasteiger partial charge in [0.25, 0.3) is 0 Å². The van der Waals surface area contributed by atoms with Crippen molar-refractivity contribution in [2.45, 2.75) is 0 Å². The van der Waals surface area contributed by atoms with E-state index >= 15 is 0 Å². The minimum absolute atomic E-state index is 0.625. The Labute approximate surface area is 286 Å². The number of aromatic nitrogens is 3.